The van der Waals surface area contributed by atoms with Crippen molar-refractivity contribution in [3.8, 4) is 0 Å². The van der Waals surface area contributed by atoms with E-state index in [2.05, 4.69) is 29.0 Å². The highest BCUT2D eigenvalue weighted by Gasteiger charge is 2.21. The lowest BCUT2D eigenvalue weighted by molar-refractivity contribution is 0.0861. The molecule has 2 rings (SSSR count). The Bertz CT molecular complexity index is 453. The van der Waals surface area contributed by atoms with Crippen molar-refractivity contribution < 1.29 is 9.53 Å². The number of nitrogens with zero attached hydrogens (tertiary/aromatic N) is 2. The van der Waals surface area contributed by atoms with E-state index in [9.17, 15) is 4.79 Å². The number of anilines is 2. The number of aromatic nitrogens is 1. The minimum atomic E-state index is -0.158. The zero-order valence-corrected chi connectivity index (χ0v) is 12.8. The Kier molecular flexibility index (Phi) is 5.19. The lowest BCUT2D eigenvalue weighted by atomic mass is 10.2. The molecule has 0 bridgehead atoms. The van der Waals surface area contributed by atoms with E-state index in [0.29, 0.717) is 17.2 Å². The molecule has 1 amide bonds. The zero-order chi connectivity index (χ0) is 14.5. The van der Waals surface area contributed by atoms with E-state index in [-0.39, 0.29) is 12.0 Å². The van der Waals surface area contributed by atoms with Crippen LogP contribution < -0.4 is 16.0 Å². The summed E-state index contributed by atoms with van der Waals surface area (Å²) in [7, 11) is 0. The van der Waals surface area contributed by atoms with Gasteiger partial charge in [0.25, 0.3) is 5.91 Å². The molecule has 1 unspecified atom stereocenters. The van der Waals surface area contributed by atoms with Crippen molar-refractivity contribution in [2.45, 2.75) is 32.8 Å². The maximum absolute atomic E-state index is 12.1. The average molecular weight is 298 g/mol. The smallest absolute Gasteiger partial charge is 0.265 e. The molecule has 1 aromatic rings. The third-order valence-electron chi connectivity index (χ3n) is 3.40. The second-order valence-corrected chi connectivity index (χ2v) is 5.71. The summed E-state index contributed by atoms with van der Waals surface area (Å²) in [5.74, 6) is 0.149. The lowest BCUT2D eigenvalue weighted by Crippen LogP contribution is -2.31. The molecule has 7 heteroatoms. The fourth-order valence-electron chi connectivity index (χ4n) is 2.20. The quantitative estimate of drug-likeness (QED) is 0.831. The molecular formula is C13H22N4O2S. The van der Waals surface area contributed by atoms with Gasteiger partial charge in [0.1, 0.15) is 10.7 Å². The van der Waals surface area contributed by atoms with Gasteiger partial charge in [-0.15, -0.1) is 0 Å². The molecule has 6 nitrogen and oxygen atoms in total. The zero-order valence-electron chi connectivity index (χ0n) is 12.0. The second kappa shape index (κ2) is 6.90. The largest absolute Gasteiger partial charge is 0.382 e. The SMILES string of the molecule is CCN(CC)c1nc(N)c(C(=O)NCC2CCCO2)s1. The summed E-state index contributed by atoms with van der Waals surface area (Å²) in [6.45, 7) is 7.13. The Labute approximate surface area is 123 Å². The molecule has 2 heterocycles. The summed E-state index contributed by atoms with van der Waals surface area (Å²) >= 11 is 1.34. The van der Waals surface area contributed by atoms with E-state index >= 15 is 0 Å². The first-order valence-electron chi connectivity index (χ1n) is 7.06. The van der Waals surface area contributed by atoms with Crippen LogP contribution in [0.2, 0.25) is 0 Å². The Morgan fingerprint density at radius 3 is 2.90 bits per heavy atom. The molecule has 0 aliphatic carbocycles. The van der Waals surface area contributed by atoms with E-state index in [1.807, 2.05) is 0 Å². The average Bonchev–Trinajstić information content (AvgIpc) is 3.07. The van der Waals surface area contributed by atoms with Gasteiger partial charge in [0, 0.05) is 26.2 Å². The van der Waals surface area contributed by atoms with Gasteiger partial charge in [-0.3, -0.25) is 4.79 Å². The number of nitrogen functional groups attached to an aromatic ring is 1. The van der Waals surface area contributed by atoms with Gasteiger partial charge < -0.3 is 20.7 Å². The van der Waals surface area contributed by atoms with E-state index in [4.69, 9.17) is 10.5 Å². The number of carbonyl (C=O) groups excluding carboxylic acids is 1. The van der Waals surface area contributed by atoms with Crippen LogP contribution in [0.5, 0.6) is 0 Å². The summed E-state index contributed by atoms with van der Waals surface area (Å²) in [5, 5.41) is 3.68. The fraction of sp³-hybridized carbons (Fsp3) is 0.692. The number of amides is 1. The van der Waals surface area contributed by atoms with Crippen molar-refractivity contribution >= 4 is 28.2 Å². The van der Waals surface area contributed by atoms with Crippen LogP contribution in [0.1, 0.15) is 36.4 Å². The molecule has 0 radical (unpaired) electrons. The Morgan fingerprint density at radius 1 is 1.55 bits per heavy atom. The van der Waals surface area contributed by atoms with Crippen LogP contribution in [0.4, 0.5) is 10.9 Å². The van der Waals surface area contributed by atoms with Crippen LogP contribution in [0.25, 0.3) is 0 Å². The summed E-state index contributed by atoms with van der Waals surface area (Å²) in [5.41, 5.74) is 5.85. The molecule has 1 aliphatic heterocycles. The van der Waals surface area contributed by atoms with Crippen molar-refractivity contribution in [1.82, 2.24) is 10.3 Å². The number of thiazole rings is 1. The van der Waals surface area contributed by atoms with Gasteiger partial charge in [-0.05, 0) is 26.7 Å². The van der Waals surface area contributed by atoms with Crippen LogP contribution in [0, 0.1) is 0 Å². The third-order valence-corrected chi connectivity index (χ3v) is 4.53. The Hall–Kier alpha value is -1.34. The molecule has 20 heavy (non-hydrogen) atoms. The number of nitrogens with two attached hydrogens (primary N) is 1. The van der Waals surface area contributed by atoms with E-state index in [1.165, 1.54) is 11.3 Å². The van der Waals surface area contributed by atoms with Crippen LogP contribution in [-0.4, -0.2) is 43.2 Å². The maximum atomic E-state index is 12.1. The predicted molar refractivity (Wildman–Crippen MR) is 81.4 cm³/mol. The second-order valence-electron chi connectivity index (χ2n) is 4.73. The van der Waals surface area contributed by atoms with Crippen LogP contribution in [0.3, 0.4) is 0 Å². The number of ether oxygens (including phenoxy) is 1. The fourth-order valence-corrected chi connectivity index (χ4v) is 3.23. The van der Waals surface area contributed by atoms with Gasteiger partial charge >= 0.3 is 0 Å². The number of hydrogen-bond acceptors (Lipinski definition) is 6. The highest BCUT2D eigenvalue weighted by molar-refractivity contribution is 7.18. The Balaban J connectivity index is 1.98. The van der Waals surface area contributed by atoms with Gasteiger partial charge in [0.15, 0.2) is 5.13 Å². The van der Waals surface area contributed by atoms with Crippen molar-refractivity contribution in [3.05, 3.63) is 4.88 Å². The van der Waals surface area contributed by atoms with Crippen LogP contribution in [0.15, 0.2) is 0 Å². The summed E-state index contributed by atoms with van der Waals surface area (Å²) < 4.78 is 5.48. The van der Waals surface area contributed by atoms with Crippen molar-refractivity contribution in [2.75, 3.05) is 36.9 Å². The first kappa shape index (κ1) is 15.1. The maximum Gasteiger partial charge on any atom is 0.265 e. The lowest BCUT2D eigenvalue weighted by Gasteiger charge is -2.16. The predicted octanol–water partition coefficient (Wildman–Crippen LogP) is 1.48. The number of carbonyl (C=O) groups is 1. The summed E-state index contributed by atoms with van der Waals surface area (Å²) in [6.07, 6.45) is 2.20. The first-order valence-corrected chi connectivity index (χ1v) is 7.88. The summed E-state index contributed by atoms with van der Waals surface area (Å²) in [4.78, 5) is 19.0. The van der Waals surface area contributed by atoms with Crippen LogP contribution in [-0.2, 0) is 4.74 Å². The summed E-state index contributed by atoms with van der Waals surface area (Å²) in [6, 6.07) is 0. The topological polar surface area (TPSA) is 80.5 Å². The van der Waals surface area contributed by atoms with Gasteiger partial charge in [0.2, 0.25) is 0 Å². The molecule has 3 N–H and O–H groups in total. The molecule has 112 valence electrons. The Morgan fingerprint density at radius 2 is 2.30 bits per heavy atom. The highest BCUT2D eigenvalue weighted by atomic mass is 32.1. The van der Waals surface area contributed by atoms with E-state index in [0.717, 1.165) is 37.7 Å². The molecule has 1 fully saturated rings. The molecule has 0 spiro atoms. The molecule has 1 aromatic heterocycles. The molecule has 1 aliphatic rings. The molecule has 1 saturated heterocycles. The van der Waals surface area contributed by atoms with E-state index in [1.54, 1.807) is 0 Å². The van der Waals surface area contributed by atoms with Crippen molar-refractivity contribution in [2.24, 2.45) is 0 Å². The number of nitrogens with one attached hydrogen (secondary N) is 1. The van der Waals surface area contributed by atoms with Gasteiger partial charge in [-0.25, -0.2) is 4.98 Å². The standard InChI is InChI=1S/C13H22N4O2S/c1-3-17(4-2)13-16-11(14)10(20-13)12(18)15-8-9-6-5-7-19-9/h9H,3-8,14H2,1-2H3,(H,15,18). The molecule has 0 saturated carbocycles. The van der Waals surface area contributed by atoms with Crippen molar-refractivity contribution in [3.63, 3.8) is 0 Å². The van der Waals surface area contributed by atoms with Gasteiger partial charge in [0.05, 0.1) is 6.10 Å². The van der Waals surface area contributed by atoms with Gasteiger partial charge in [-0.1, -0.05) is 11.3 Å². The first-order chi connectivity index (χ1) is 9.65. The molecule has 0 aromatic carbocycles. The monoisotopic (exact) mass is 298 g/mol. The minimum absolute atomic E-state index is 0.135. The highest BCUT2D eigenvalue weighted by Crippen LogP contribution is 2.27. The minimum Gasteiger partial charge on any atom is -0.382 e. The molecular weight excluding hydrogens is 276 g/mol. The third kappa shape index (κ3) is 3.40. The number of rotatable bonds is 6. The molecule has 1 atom stereocenters. The number of hydrogen-bond donors (Lipinski definition) is 2. The van der Waals surface area contributed by atoms with Crippen molar-refractivity contribution in [1.29, 1.82) is 0 Å². The van der Waals surface area contributed by atoms with E-state index < -0.39 is 0 Å². The normalized spacial score (nSPS) is 18.2. The van der Waals surface area contributed by atoms with Crippen LogP contribution >= 0.6 is 11.3 Å². The van der Waals surface area contributed by atoms with Gasteiger partial charge in [-0.2, -0.15) is 0 Å².